The van der Waals surface area contributed by atoms with Crippen LogP contribution in [0.15, 0.2) is 12.7 Å². The molecule has 6 heteroatoms. The molecule has 2 heterocycles. The molecule has 50 valence electrons. The summed E-state index contributed by atoms with van der Waals surface area (Å²) in [6.07, 6.45) is 2.81. The van der Waals surface area contributed by atoms with E-state index in [4.69, 9.17) is 11.6 Å². The van der Waals surface area contributed by atoms with Crippen LogP contribution in [0.25, 0.3) is 5.65 Å². The number of nitrogens with zero attached hydrogens (tertiary/aromatic N) is 5. The number of aromatic nitrogens is 5. The maximum Gasteiger partial charge on any atom is 0.215 e. The van der Waals surface area contributed by atoms with Gasteiger partial charge in [0.25, 0.3) is 0 Å². The van der Waals surface area contributed by atoms with Crippen molar-refractivity contribution in [3.05, 3.63) is 17.8 Å². The normalized spacial score (nSPS) is 10.5. The zero-order valence-electron chi connectivity index (χ0n) is 4.77. The van der Waals surface area contributed by atoms with Gasteiger partial charge in [0.15, 0.2) is 5.15 Å². The quantitative estimate of drug-likeness (QED) is 0.544. The molecule has 2 rings (SSSR count). The van der Waals surface area contributed by atoms with Gasteiger partial charge in [-0.2, -0.15) is 9.61 Å². The number of hydrogen-bond donors (Lipinski definition) is 0. The van der Waals surface area contributed by atoms with Gasteiger partial charge in [-0.15, -0.1) is 10.2 Å². The highest BCUT2D eigenvalue weighted by molar-refractivity contribution is 6.32. The van der Waals surface area contributed by atoms with E-state index in [9.17, 15) is 0 Å². The van der Waals surface area contributed by atoms with E-state index < -0.39 is 0 Å². The minimum Gasteiger partial charge on any atom is -0.219 e. The van der Waals surface area contributed by atoms with Crippen LogP contribution in [-0.4, -0.2) is 24.8 Å². The third kappa shape index (κ3) is 0.640. The average Bonchev–Trinajstić information content (AvgIpc) is 2.36. The van der Waals surface area contributed by atoms with Crippen LogP contribution < -0.4 is 0 Å². The van der Waals surface area contributed by atoms with Gasteiger partial charge in [0.1, 0.15) is 12.7 Å². The highest BCUT2D eigenvalue weighted by Gasteiger charge is 1.99. The van der Waals surface area contributed by atoms with Gasteiger partial charge < -0.3 is 0 Å². The van der Waals surface area contributed by atoms with E-state index in [0.29, 0.717) is 10.8 Å². The molecule has 0 amide bonds. The van der Waals surface area contributed by atoms with Gasteiger partial charge in [0.05, 0.1) is 0 Å². The fourth-order valence-electron chi connectivity index (χ4n) is 0.640. The smallest absolute Gasteiger partial charge is 0.215 e. The first-order valence-corrected chi connectivity index (χ1v) is 2.92. The molecule has 5 nitrogen and oxygen atoms in total. The summed E-state index contributed by atoms with van der Waals surface area (Å²) < 4.78 is 1.45. The average molecular weight is 156 g/mol. The van der Waals surface area contributed by atoms with Gasteiger partial charge in [-0.1, -0.05) is 11.6 Å². The largest absolute Gasteiger partial charge is 0.219 e. The third-order valence-electron chi connectivity index (χ3n) is 1.06. The van der Waals surface area contributed by atoms with Crippen molar-refractivity contribution in [2.24, 2.45) is 0 Å². The summed E-state index contributed by atoms with van der Waals surface area (Å²) in [5.74, 6) is 0. The summed E-state index contributed by atoms with van der Waals surface area (Å²) in [4.78, 5) is 3.71. The summed E-state index contributed by atoms with van der Waals surface area (Å²) >= 11 is 5.62. The van der Waals surface area contributed by atoms with Gasteiger partial charge in [-0.3, -0.25) is 0 Å². The topological polar surface area (TPSA) is 56.0 Å². The van der Waals surface area contributed by atoms with E-state index in [1.807, 2.05) is 0 Å². The first-order chi connectivity index (χ1) is 4.88. The van der Waals surface area contributed by atoms with Crippen LogP contribution in [0.1, 0.15) is 0 Å². The minimum absolute atomic E-state index is 0.313. The number of fused-ring (bicyclic) bond motifs is 1. The molecule has 0 aromatic carbocycles. The monoisotopic (exact) mass is 155 g/mol. The standard InChI is InChI=1S/C4H2ClN5/c5-3-4-9-7-2-10(4)8-1-6-3/h1-2H. The molecule has 0 atom stereocenters. The zero-order chi connectivity index (χ0) is 6.97. The highest BCUT2D eigenvalue weighted by atomic mass is 35.5. The van der Waals surface area contributed by atoms with E-state index >= 15 is 0 Å². The van der Waals surface area contributed by atoms with Crippen LogP contribution >= 0.6 is 11.6 Å². The van der Waals surface area contributed by atoms with E-state index in [0.717, 1.165) is 0 Å². The zero-order valence-corrected chi connectivity index (χ0v) is 5.52. The summed E-state index contributed by atoms with van der Waals surface area (Å²) in [5.41, 5.74) is 0.476. The molecule has 0 radical (unpaired) electrons. The molecular formula is C4H2ClN5. The Bertz CT molecular complexity index is 355. The molecule has 0 spiro atoms. The Labute approximate surface area is 60.7 Å². The second-order valence-electron chi connectivity index (χ2n) is 1.65. The second-order valence-corrected chi connectivity index (χ2v) is 2.01. The molecule has 10 heavy (non-hydrogen) atoms. The molecule has 0 aliphatic rings. The number of hydrogen-bond acceptors (Lipinski definition) is 4. The van der Waals surface area contributed by atoms with E-state index in [1.165, 1.54) is 17.2 Å². The molecule has 0 saturated heterocycles. The van der Waals surface area contributed by atoms with Crippen molar-refractivity contribution in [2.75, 3.05) is 0 Å². The van der Waals surface area contributed by atoms with Crippen LogP contribution in [0.4, 0.5) is 0 Å². The molecule has 2 aromatic heterocycles. The van der Waals surface area contributed by atoms with Crippen LogP contribution in [0.2, 0.25) is 5.15 Å². The first-order valence-electron chi connectivity index (χ1n) is 2.54. The van der Waals surface area contributed by atoms with Crippen molar-refractivity contribution >= 4 is 17.2 Å². The van der Waals surface area contributed by atoms with E-state index in [1.54, 1.807) is 0 Å². The Morgan fingerprint density at radius 1 is 1.50 bits per heavy atom. The Kier molecular flexibility index (Phi) is 1.04. The van der Waals surface area contributed by atoms with E-state index in [-0.39, 0.29) is 0 Å². The van der Waals surface area contributed by atoms with Gasteiger partial charge in [0.2, 0.25) is 5.65 Å². The molecule has 0 fully saturated rings. The Morgan fingerprint density at radius 2 is 2.40 bits per heavy atom. The Balaban J connectivity index is 2.95. The SMILES string of the molecule is Clc1ncnn2cnnc12. The van der Waals surface area contributed by atoms with Gasteiger partial charge in [0, 0.05) is 0 Å². The van der Waals surface area contributed by atoms with Crippen LogP contribution in [-0.2, 0) is 0 Å². The van der Waals surface area contributed by atoms with E-state index in [2.05, 4.69) is 20.3 Å². The summed E-state index contributed by atoms with van der Waals surface area (Å²) in [6.45, 7) is 0. The highest BCUT2D eigenvalue weighted by Crippen LogP contribution is 2.06. The lowest BCUT2D eigenvalue weighted by atomic mass is 10.8. The fraction of sp³-hybridized carbons (Fsp3) is 0. The predicted octanol–water partition coefficient (Wildman–Crippen LogP) is 0.173. The molecule has 0 bridgehead atoms. The lowest BCUT2D eigenvalue weighted by molar-refractivity contribution is 0.892. The lowest BCUT2D eigenvalue weighted by Gasteiger charge is -1.88. The third-order valence-corrected chi connectivity index (χ3v) is 1.33. The van der Waals surface area contributed by atoms with Crippen LogP contribution in [0.3, 0.4) is 0 Å². The molecule has 0 aliphatic heterocycles. The van der Waals surface area contributed by atoms with Crippen molar-refractivity contribution in [3.63, 3.8) is 0 Å². The first kappa shape index (κ1) is 5.55. The maximum absolute atomic E-state index is 5.62. The van der Waals surface area contributed by atoms with Crippen LogP contribution in [0, 0.1) is 0 Å². The number of rotatable bonds is 0. The van der Waals surface area contributed by atoms with Crippen molar-refractivity contribution in [3.8, 4) is 0 Å². The second kappa shape index (κ2) is 1.88. The Morgan fingerprint density at radius 3 is 3.20 bits per heavy atom. The molecule has 0 aliphatic carbocycles. The summed E-state index contributed by atoms with van der Waals surface area (Å²) in [5, 5.41) is 11.4. The minimum atomic E-state index is 0.313. The van der Waals surface area contributed by atoms with Crippen molar-refractivity contribution in [2.45, 2.75) is 0 Å². The molecule has 0 unspecified atom stereocenters. The Hall–Kier alpha value is -1.23. The number of halogens is 1. The van der Waals surface area contributed by atoms with Crippen molar-refractivity contribution < 1.29 is 0 Å². The summed E-state index contributed by atoms with van der Waals surface area (Å²) in [7, 11) is 0. The molecule has 2 aromatic rings. The fourth-order valence-corrected chi connectivity index (χ4v) is 0.808. The van der Waals surface area contributed by atoms with Crippen LogP contribution in [0.5, 0.6) is 0 Å². The molecule has 0 saturated carbocycles. The van der Waals surface area contributed by atoms with Gasteiger partial charge in [-0.25, -0.2) is 4.98 Å². The van der Waals surface area contributed by atoms with Gasteiger partial charge in [-0.05, 0) is 0 Å². The maximum atomic E-state index is 5.62. The van der Waals surface area contributed by atoms with Crippen molar-refractivity contribution in [1.29, 1.82) is 0 Å². The molecular weight excluding hydrogens is 154 g/mol. The predicted molar refractivity (Wildman–Crippen MR) is 33.6 cm³/mol. The van der Waals surface area contributed by atoms with Crippen molar-refractivity contribution in [1.82, 2.24) is 24.8 Å². The summed E-state index contributed by atoms with van der Waals surface area (Å²) in [6, 6.07) is 0. The van der Waals surface area contributed by atoms with Gasteiger partial charge >= 0.3 is 0 Å². The molecule has 0 N–H and O–H groups in total. The lowest BCUT2D eigenvalue weighted by Crippen LogP contribution is -1.91.